The van der Waals surface area contributed by atoms with Crippen LogP contribution in [0.2, 0.25) is 0 Å². The Kier molecular flexibility index (Phi) is 3.11. The lowest BCUT2D eigenvalue weighted by Gasteiger charge is -2.21. The zero-order valence-electron chi connectivity index (χ0n) is 11.1. The number of fused-ring (bicyclic) bond motifs is 1. The van der Waals surface area contributed by atoms with Crippen LogP contribution in [-0.4, -0.2) is 16.4 Å². The summed E-state index contributed by atoms with van der Waals surface area (Å²) in [6.07, 6.45) is 5.04. The highest BCUT2D eigenvalue weighted by Crippen LogP contribution is 2.29. The van der Waals surface area contributed by atoms with Crippen LogP contribution in [0.25, 0.3) is 10.8 Å². The molecule has 0 atom stereocenters. The van der Waals surface area contributed by atoms with Crippen molar-refractivity contribution in [2.24, 2.45) is 0 Å². The number of aromatic nitrogens is 1. The molecular weight excluding hydrogens is 250 g/mol. The molecule has 4 heteroatoms. The summed E-state index contributed by atoms with van der Waals surface area (Å²) in [4.78, 5) is 16.6. The van der Waals surface area contributed by atoms with Crippen molar-refractivity contribution in [1.82, 2.24) is 10.3 Å². The van der Waals surface area contributed by atoms with Crippen LogP contribution in [0.15, 0.2) is 36.5 Å². The predicted molar refractivity (Wildman–Crippen MR) is 76.0 cm³/mol. The summed E-state index contributed by atoms with van der Waals surface area (Å²) >= 11 is 0. The van der Waals surface area contributed by atoms with Crippen molar-refractivity contribution >= 4 is 16.7 Å². The molecule has 0 unspecified atom stereocenters. The van der Waals surface area contributed by atoms with Crippen molar-refractivity contribution in [3.8, 4) is 6.07 Å². The second-order valence-electron chi connectivity index (χ2n) is 5.24. The van der Waals surface area contributed by atoms with Crippen LogP contribution in [0.1, 0.15) is 36.2 Å². The molecule has 0 saturated heterocycles. The van der Waals surface area contributed by atoms with Crippen molar-refractivity contribution in [2.45, 2.75) is 31.2 Å². The summed E-state index contributed by atoms with van der Waals surface area (Å²) in [7, 11) is 0. The Morgan fingerprint density at radius 3 is 2.75 bits per heavy atom. The van der Waals surface area contributed by atoms with Gasteiger partial charge in [-0.15, -0.1) is 0 Å². The van der Waals surface area contributed by atoms with Gasteiger partial charge in [-0.2, -0.15) is 5.26 Å². The molecule has 0 aliphatic heterocycles. The number of hydrogen-bond donors (Lipinski definition) is 1. The maximum atomic E-state index is 12.5. The van der Waals surface area contributed by atoms with Gasteiger partial charge in [-0.3, -0.25) is 9.78 Å². The van der Waals surface area contributed by atoms with E-state index in [1.54, 1.807) is 6.20 Å². The zero-order chi connectivity index (χ0) is 14.0. The number of carbonyl (C=O) groups excluding carboxylic acids is 1. The first-order valence-corrected chi connectivity index (χ1v) is 6.82. The third kappa shape index (κ3) is 2.12. The van der Waals surface area contributed by atoms with E-state index in [2.05, 4.69) is 16.4 Å². The Morgan fingerprint density at radius 1 is 1.25 bits per heavy atom. The van der Waals surface area contributed by atoms with E-state index in [0.717, 1.165) is 36.5 Å². The van der Waals surface area contributed by atoms with Gasteiger partial charge in [0, 0.05) is 11.6 Å². The van der Waals surface area contributed by atoms with Gasteiger partial charge in [0.1, 0.15) is 11.2 Å². The Balaban J connectivity index is 1.95. The largest absolute Gasteiger partial charge is 0.332 e. The van der Waals surface area contributed by atoms with Crippen LogP contribution < -0.4 is 5.32 Å². The topological polar surface area (TPSA) is 65.8 Å². The zero-order valence-corrected chi connectivity index (χ0v) is 11.1. The molecule has 0 spiro atoms. The SMILES string of the molecule is N#CC1(NC(=O)c2nccc3ccccc23)CCCC1. The number of carbonyl (C=O) groups is 1. The third-order valence-corrected chi connectivity index (χ3v) is 3.91. The standard InChI is InChI=1S/C16H15N3O/c17-11-16(8-3-4-9-16)19-15(20)14-13-6-2-1-5-12(13)7-10-18-14/h1-2,5-7,10H,3-4,8-9H2,(H,19,20). The van der Waals surface area contributed by atoms with Gasteiger partial charge in [-0.25, -0.2) is 0 Å². The number of rotatable bonds is 2. The summed E-state index contributed by atoms with van der Waals surface area (Å²) in [5, 5.41) is 14.0. The Labute approximate surface area is 117 Å². The van der Waals surface area contributed by atoms with E-state index >= 15 is 0 Å². The van der Waals surface area contributed by atoms with E-state index in [0.29, 0.717) is 5.69 Å². The maximum Gasteiger partial charge on any atom is 0.271 e. The number of nitrogens with zero attached hydrogens (tertiary/aromatic N) is 2. The van der Waals surface area contributed by atoms with Crippen molar-refractivity contribution < 1.29 is 4.79 Å². The molecular formula is C16H15N3O. The molecule has 1 saturated carbocycles. The number of pyridine rings is 1. The highest BCUT2D eigenvalue weighted by molar-refractivity contribution is 6.05. The van der Waals surface area contributed by atoms with Gasteiger partial charge < -0.3 is 5.32 Å². The molecule has 1 aromatic carbocycles. The summed E-state index contributed by atoms with van der Waals surface area (Å²) in [5.74, 6) is -0.259. The van der Waals surface area contributed by atoms with E-state index in [1.165, 1.54) is 0 Å². The average Bonchev–Trinajstić information content (AvgIpc) is 2.95. The minimum atomic E-state index is -0.713. The highest BCUT2D eigenvalue weighted by atomic mass is 16.2. The first-order valence-electron chi connectivity index (χ1n) is 6.82. The highest BCUT2D eigenvalue weighted by Gasteiger charge is 2.36. The molecule has 1 N–H and O–H groups in total. The van der Waals surface area contributed by atoms with Crippen LogP contribution in [0, 0.1) is 11.3 Å². The number of amides is 1. The molecule has 2 aromatic rings. The van der Waals surface area contributed by atoms with E-state index in [9.17, 15) is 10.1 Å². The Morgan fingerprint density at radius 2 is 2.00 bits per heavy atom. The lowest BCUT2D eigenvalue weighted by atomic mass is 9.99. The average molecular weight is 265 g/mol. The van der Waals surface area contributed by atoms with Gasteiger partial charge in [0.15, 0.2) is 0 Å². The number of nitrogens with one attached hydrogen (secondary N) is 1. The molecule has 1 fully saturated rings. The molecule has 1 aliphatic carbocycles. The summed E-state index contributed by atoms with van der Waals surface area (Å²) in [6, 6.07) is 11.8. The second-order valence-corrected chi connectivity index (χ2v) is 5.24. The molecule has 4 nitrogen and oxygen atoms in total. The fourth-order valence-electron chi connectivity index (χ4n) is 2.82. The first kappa shape index (κ1) is 12.6. The predicted octanol–water partition coefficient (Wildman–Crippen LogP) is 2.80. The molecule has 20 heavy (non-hydrogen) atoms. The van der Waals surface area contributed by atoms with E-state index in [-0.39, 0.29) is 5.91 Å². The molecule has 0 bridgehead atoms. The number of nitriles is 1. The molecule has 3 rings (SSSR count). The Bertz CT molecular complexity index is 691. The second kappa shape index (κ2) is 4.93. The fourth-order valence-corrected chi connectivity index (χ4v) is 2.82. The van der Waals surface area contributed by atoms with Crippen molar-refractivity contribution in [3.63, 3.8) is 0 Å². The number of benzene rings is 1. The van der Waals surface area contributed by atoms with Crippen LogP contribution in [-0.2, 0) is 0 Å². The molecule has 1 aliphatic rings. The quantitative estimate of drug-likeness (QED) is 0.908. The molecule has 1 heterocycles. The van der Waals surface area contributed by atoms with Crippen LogP contribution in [0.3, 0.4) is 0 Å². The van der Waals surface area contributed by atoms with Crippen LogP contribution in [0.4, 0.5) is 0 Å². The lowest BCUT2D eigenvalue weighted by molar-refractivity contribution is 0.0917. The summed E-state index contributed by atoms with van der Waals surface area (Å²) in [5.41, 5.74) is -0.319. The maximum absolute atomic E-state index is 12.5. The lowest BCUT2D eigenvalue weighted by Crippen LogP contribution is -2.45. The normalized spacial score (nSPS) is 16.8. The third-order valence-electron chi connectivity index (χ3n) is 3.91. The summed E-state index contributed by atoms with van der Waals surface area (Å²) in [6.45, 7) is 0. The van der Waals surface area contributed by atoms with Crippen LogP contribution >= 0.6 is 0 Å². The van der Waals surface area contributed by atoms with Gasteiger partial charge in [0.2, 0.25) is 0 Å². The number of hydrogen-bond acceptors (Lipinski definition) is 3. The molecule has 100 valence electrons. The van der Waals surface area contributed by atoms with Gasteiger partial charge in [0.25, 0.3) is 5.91 Å². The fraction of sp³-hybridized carbons (Fsp3) is 0.312. The van der Waals surface area contributed by atoms with E-state index < -0.39 is 5.54 Å². The smallest absolute Gasteiger partial charge is 0.271 e. The molecule has 0 radical (unpaired) electrons. The van der Waals surface area contributed by atoms with Crippen molar-refractivity contribution in [1.29, 1.82) is 5.26 Å². The Hall–Kier alpha value is -2.41. The van der Waals surface area contributed by atoms with E-state index in [1.807, 2.05) is 30.3 Å². The van der Waals surface area contributed by atoms with Gasteiger partial charge >= 0.3 is 0 Å². The van der Waals surface area contributed by atoms with Gasteiger partial charge in [-0.1, -0.05) is 24.3 Å². The van der Waals surface area contributed by atoms with Crippen LogP contribution in [0.5, 0.6) is 0 Å². The monoisotopic (exact) mass is 265 g/mol. The first-order chi connectivity index (χ1) is 9.74. The van der Waals surface area contributed by atoms with Crippen molar-refractivity contribution in [2.75, 3.05) is 0 Å². The van der Waals surface area contributed by atoms with E-state index in [4.69, 9.17) is 0 Å². The minimum absolute atomic E-state index is 0.259. The van der Waals surface area contributed by atoms with Gasteiger partial charge in [0.05, 0.1) is 6.07 Å². The minimum Gasteiger partial charge on any atom is -0.332 e. The summed E-state index contributed by atoms with van der Waals surface area (Å²) < 4.78 is 0. The molecule has 1 amide bonds. The van der Waals surface area contributed by atoms with Gasteiger partial charge in [-0.05, 0) is 37.1 Å². The molecule has 1 aromatic heterocycles. The van der Waals surface area contributed by atoms with Crippen molar-refractivity contribution in [3.05, 3.63) is 42.2 Å².